The van der Waals surface area contributed by atoms with Gasteiger partial charge in [-0.1, -0.05) is 30.3 Å². The van der Waals surface area contributed by atoms with Gasteiger partial charge in [0.2, 0.25) is 0 Å². The Hall–Kier alpha value is -2.87. The number of aromatic amines is 1. The third-order valence-electron chi connectivity index (χ3n) is 4.87. The van der Waals surface area contributed by atoms with Crippen LogP contribution in [0.25, 0.3) is 43.6 Å². The lowest BCUT2D eigenvalue weighted by Crippen LogP contribution is -1.83. The topological polar surface area (TPSA) is 28.7 Å². The number of fused-ring (bicyclic) bond motifs is 6. The normalized spacial score (nSPS) is 11.9. The van der Waals surface area contributed by atoms with Crippen LogP contribution in [0.1, 0.15) is 11.1 Å². The number of rotatable bonds is 0. The van der Waals surface area contributed by atoms with Crippen molar-refractivity contribution in [2.45, 2.75) is 13.8 Å². The fourth-order valence-electron chi connectivity index (χ4n) is 3.47. The lowest BCUT2D eigenvalue weighted by Gasteiger charge is -2.03. The first-order valence-corrected chi connectivity index (χ1v) is 7.92. The Bertz CT molecular complexity index is 1230. The summed E-state index contributed by atoms with van der Waals surface area (Å²) in [6.07, 6.45) is 0. The summed E-state index contributed by atoms with van der Waals surface area (Å²) in [5.41, 5.74) is 7.04. The van der Waals surface area contributed by atoms with E-state index >= 15 is 0 Å². The van der Waals surface area contributed by atoms with Crippen molar-refractivity contribution >= 4 is 43.6 Å². The van der Waals surface area contributed by atoms with Gasteiger partial charge in [0.15, 0.2) is 0 Å². The fourth-order valence-corrected chi connectivity index (χ4v) is 3.47. The molecule has 0 saturated heterocycles. The zero-order valence-corrected chi connectivity index (χ0v) is 13.1. The van der Waals surface area contributed by atoms with E-state index in [1.807, 2.05) is 6.07 Å². The minimum atomic E-state index is 1.04. The molecule has 0 radical (unpaired) electrons. The number of aromatic nitrogens is 2. The molecular formula is C21H16N2. The van der Waals surface area contributed by atoms with Crippen LogP contribution in [0.3, 0.4) is 0 Å². The molecule has 110 valence electrons. The molecule has 5 aromatic rings. The number of nitrogens with zero attached hydrogens (tertiary/aromatic N) is 1. The van der Waals surface area contributed by atoms with Crippen LogP contribution in [0.2, 0.25) is 0 Å². The Morgan fingerprint density at radius 1 is 0.783 bits per heavy atom. The van der Waals surface area contributed by atoms with E-state index in [1.165, 1.54) is 38.2 Å². The number of para-hydroxylation sites is 1. The highest BCUT2D eigenvalue weighted by Gasteiger charge is 2.10. The quantitative estimate of drug-likeness (QED) is 0.368. The van der Waals surface area contributed by atoms with Gasteiger partial charge in [0.1, 0.15) is 0 Å². The summed E-state index contributed by atoms with van der Waals surface area (Å²) in [5.74, 6) is 0. The van der Waals surface area contributed by atoms with Crippen LogP contribution in [0.15, 0.2) is 54.6 Å². The minimum Gasteiger partial charge on any atom is -0.353 e. The summed E-state index contributed by atoms with van der Waals surface area (Å²) >= 11 is 0. The number of aryl methyl sites for hydroxylation is 2. The largest absolute Gasteiger partial charge is 0.353 e. The maximum atomic E-state index is 4.91. The second kappa shape index (κ2) is 4.32. The van der Waals surface area contributed by atoms with E-state index in [1.54, 1.807) is 0 Å². The minimum absolute atomic E-state index is 1.04. The van der Waals surface area contributed by atoms with Crippen LogP contribution in [0, 0.1) is 13.8 Å². The molecule has 0 aliphatic heterocycles. The Balaban J connectivity index is 2.00. The Kier molecular flexibility index (Phi) is 2.38. The Morgan fingerprint density at radius 3 is 2.52 bits per heavy atom. The maximum Gasteiger partial charge on any atom is 0.0950 e. The van der Waals surface area contributed by atoms with Crippen molar-refractivity contribution in [1.29, 1.82) is 0 Å². The van der Waals surface area contributed by atoms with Gasteiger partial charge < -0.3 is 4.98 Å². The summed E-state index contributed by atoms with van der Waals surface area (Å²) in [4.78, 5) is 8.51. The van der Waals surface area contributed by atoms with Gasteiger partial charge >= 0.3 is 0 Å². The van der Waals surface area contributed by atoms with Crippen molar-refractivity contribution in [3.63, 3.8) is 0 Å². The smallest absolute Gasteiger partial charge is 0.0950 e. The second-order valence-corrected chi connectivity index (χ2v) is 6.35. The van der Waals surface area contributed by atoms with Crippen LogP contribution in [0.5, 0.6) is 0 Å². The van der Waals surface area contributed by atoms with Crippen molar-refractivity contribution in [3.05, 3.63) is 65.7 Å². The zero-order valence-electron chi connectivity index (χ0n) is 13.1. The van der Waals surface area contributed by atoms with E-state index in [0.29, 0.717) is 0 Å². The molecule has 5 rings (SSSR count). The first-order valence-electron chi connectivity index (χ1n) is 7.92. The summed E-state index contributed by atoms with van der Waals surface area (Å²) in [6, 6.07) is 19.4. The van der Waals surface area contributed by atoms with Crippen molar-refractivity contribution in [2.75, 3.05) is 0 Å². The predicted octanol–water partition coefficient (Wildman–Crippen LogP) is 5.64. The molecule has 2 heterocycles. The third-order valence-corrected chi connectivity index (χ3v) is 4.87. The fraction of sp³-hybridized carbons (Fsp3) is 0.0952. The SMILES string of the molecule is Cc1cc2[nH]c3c(ccc4cc5ccccc5nc43)c2cc1C. The lowest BCUT2D eigenvalue weighted by atomic mass is 10.0. The molecule has 0 saturated carbocycles. The average molecular weight is 296 g/mol. The molecule has 3 aromatic carbocycles. The Morgan fingerprint density at radius 2 is 1.61 bits per heavy atom. The molecule has 0 spiro atoms. The van der Waals surface area contributed by atoms with E-state index in [2.05, 4.69) is 67.4 Å². The van der Waals surface area contributed by atoms with Gasteiger partial charge in [-0.3, -0.25) is 0 Å². The number of benzene rings is 3. The number of H-pyrrole nitrogens is 1. The van der Waals surface area contributed by atoms with Gasteiger partial charge in [-0.05, 0) is 49.2 Å². The van der Waals surface area contributed by atoms with Gasteiger partial charge in [-0.15, -0.1) is 0 Å². The van der Waals surface area contributed by atoms with Crippen molar-refractivity contribution in [1.82, 2.24) is 9.97 Å². The van der Waals surface area contributed by atoms with Gasteiger partial charge in [-0.25, -0.2) is 4.98 Å². The van der Waals surface area contributed by atoms with Crippen LogP contribution in [-0.2, 0) is 0 Å². The van der Waals surface area contributed by atoms with Crippen molar-refractivity contribution in [3.8, 4) is 0 Å². The third kappa shape index (κ3) is 1.72. The van der Waals surface area contributed by atoms with Crippen LogP contribution < -0.4 is 0 Å². The van der Waals surface area contributed by atoms with E-state index in [4.69, 9.17) is 4.98 Å². The van der Waals surface area contributed by atoms with Crippen LogP contribution in [0.4, 0.5) is 0 Å². The summed E-state index contributed by atoms with van der Waals surface area (Å²) in [7, 11) is 0. The molecule has 0 aliphatic rings. The first kappa shape index (κ1) is 12.7. The van der Waals surface area contributed by atoms with Crippen LogP contribution in [-0.4, -0.2) is 9.97 Å². The molecule has 0 aliphatic carbocycles. The average Bonchev–Trinajstić information content (AvgIpc) is 2.91. The molecule has 23 heavy (non-hydrogen) atoms. The molecule has 0 bridgehead atoms. The number of pyridine rings is 1. The second-order valence-electron chi connectivity index (χ2n) is 6.35. The van der Waals surface area contributed by atoms with E-state index in [9.17, 15) is 0 Å². The highest BCUT2D eigenvalue weighted by Crippen LogP contribution is 2.32. The van der Waals surface area contributed by atoms with E-state index in [0.717, 1.165) is 16.6 Å². The van der Waals surface area contributed by atoms with Gasteiger partial charge in [0, 0.05) is 27.1 Å². The van der Waals surface area contributed by atoms with Crippen molar-refractivity contribution in [2.24, 2.45) is 0 Å². The predicted molar refractivity (Wildman–Crippen MR) is 98.1 cm³/mol. The van der Waals surface area contributed by atoms with Gasteiger partial charge in [0.05, 0.1) is 16.6 Å². The molecule has 1 N–H and O–H groups in total. The molecule has 0 atom stereocenters. The molecule has 0 amide bonds. The van der Waals surface area contributed by atoms with E-state index < -0.39 is 0 Å². The standard InChI is InChI=1S/C21H16N2/c1-12-9-17-16-8-7-15-11-14-5-3-4-6-18(14)22-20(15)21(16)23-19(17)10-13(12)2/h3-11,23H,1-2H3. The highest BCUT2D eigenvalue weighted by atomic mass is 14.8. The van der Waals surface area contributed by atoms with Gasteiger partial charge in [-0.2, -0.15) is 0 Å². The molecule has 0 fully saturated rings. The monoisotopic (exact) mass is 296 g/mol. The lowest BCUT2D eigenvalue weighted by molar-refractivity contribution is 1.36. The highest BCUT2D eigenvalue weighted by molar-refractivity contribution is 6.17. The number of hydrogen-bond acceptors (Lipinski definition) is 1. The molecule has 2 heteroatoms. The first-order chi connectivity index (χ1) is 11.2. The zero-order chi connectivity index (χ0) is 15.6. The summed E-state index contributed by atoms with van der Waals surface area (Å²) in [6.45, 7) is 4.32. The van der Waals surface area contributed by atoms with Crippen molar-refractivity contribution < 1.29 is 0 Å². The van der Waals surface area contributed by atoms with Crippen LogP contribution >= 0.6 is 0 Å². The van der Waals surface area contributed by atoms with Gasteiger partial charge in [0.25, 0.3) is 0 Å². The molecular weight excluding hydrogens is 280 g/mol. The number of nitrogens with one attached hydrogen (secondary N) is 1. The maximum absolute atomic E-state index is 4.91. The molecule has 0 unspecified atom stereocenters. The van der Waals surface area contributed by atoms with E-state index in [-0.39, 0.29) is 0 Å². The Labute approximate surface area is 133 Å². The number of hydrogen-bond donors (Lipinski definition) is 1. The summed E-state index contributed by atoms with van der Waals surface area (Å²) < 4.78 is 0. The molecule has 2 aromatic heterocycles. The summed E-state index contributed by atoms with van der Waals surface area (Å²) in [5, 5.41) is 4.89. The molecule has 2 nitrogen and oxygen atoms in total.